The van der Waals surface area contributed by atoms with E-state index in [0.717, 1.165) is 28.1 Å². The van der Waals surface area contributed by atoms with Gasteiger partial charge < -0.3 is 4.90 Å². The van der Waals surface area contributed by atoms with Gasteiger partial charge >= 0.3 is 4.87 Å². The number of piperazine rings is 1. The van der Waals surface area contributed by atoms with Gasteiger partial charge in [-0.1, -0.05) is 29.0 Å². The van der Waals surface area contributed by atoms with Gasteiger partial charge in [0.25, 0.3) is 0 Å². The Bertz CT molecular complexity index is 1230. The molecule has 4 rings (SSSR count). The first-order valence-electron chi connectivity index (χ1n) is 9.46. The Balaban J connectivity index is 1.57. The predicted molar refractivity (Wildman–Crippen MR) is 119 cm³/mol. The Labute approximate surface area is 179 Å². The van der Waals surface area contributed by atoms with Gasteiger partial charge in [-0.3, -0.25) is 9.36 Å². The molecule has 1 fully saturated rings. The van der Waals surface area contributed by atoms with Crippen molar-refractivity contribution in [1.29, 1.82) is 0 Å². The lowest BCUT2D eigenvalue weighted by molar-refractivity contribution is 0.385. The summed E-state index contributed by atoms with van der Waals surface area (Å²) >= 11 is 7.22. The molecular formula is C20H22ClN3O3S2. The molecule has 154 valence electrons. The summed E-state index contributed by atoms with van der Waals surface area (Å²) in [5.74, 6) is 0. The smallest absolute Gasteiger partial charge is 0.308 e. The first kappa shape index (κ1) is 20.4. The molecule has 0 atom stereocenters. The van der Waals surface area contributed by atoms with E-state index >= 15 is 0 Å². The second-order valence-corrected chi connectivity index (χ2v) is 10.4. The number of aromatic nitrogens is 1. The van der Waals surface area contributed by atoms with Gasteiger partial charge in [-0.15, -0.1) is 0 Å². The zero-order valence-electron chi connectivity index (χ0n) is 16.3. The van der Waals surface area contributed by atoms with Gasteiger partial charge in [0.05, 0.1) is 15.1 Å². The zero-order chi connectivity index (χ0) is 20.8. The predicted octanol–water partition coefficient (Wildman–Crippen LogP) is 3.56. The Kier molecular flexibility index (Phi) is 5.46. The molecule has 0 saturated carbocycles. The van der Waals surface area contributed by atoms with Crippen LogP contribution in [-0.2, 0) is 16.6 Å². The second-order valence-electron chi connectivity index (χ2n) is 7.06. The topological polar surface area (TPSA) is 62.6 Å². The summed E-state index contributed by atoms with van der Waals surface area (Å²) in [7, 11) is -3.61. The Hall–Kier alpha value is -1.87. The molecule has 3 aromatic rings. The van der Waals surface area contributed by atoms with Crippen molar-refractivity contribution >= 4 is 48.9 Å². The summed E-state index contributed by atoms with van der Waals surface area (Å²) in [4.78, 5) is 14.4. The molecule has 29 heavy (non-hydrogen) atoms. The number of thiazole rings is 1. The molecule has 0 N–H and O–H groups in total. The Morgan fingerprint density at radius 2 is 1.79 bits per heavy atom. The van der Waals surface area contributed by atoms with Crippen LogP contribution in [-0.4, -0.2) is 43.5 Å². The number of rotatable bonds is 4. The Morgan fingerprint density at radius 1 is 1.07 bits per heavy atom. The highest BCUT2D eigenvalue weighted by atomic mass is 35.5. The van der Waals surface area contributed by atoms with Gasteiger partial charge in [-0.25, -0.2) is 8.42 Å². The van der Waals surface area contributed by atoms with Crippen molar-refractivity contribution in [3.05, 3.63) is 56.7 Å². The molecule has 6 nitrogen and oxygen atoms in total. The van der Waals surface area contributed by atoms with Crippen LogP contribution < -0.4 is 9.77 Å². The molecule has 1 aliphatic rings. The zero-order valence-corrected chi connectivity index (χ0v) is 18.6. The summed E-state index contributed by atoms with van der Waals surface area (Å²) in [5.41, 5.74) is 2.94. The van der Waals surface area contributed by atoms with Crippen LogP contribution in [0.1, 0.15) is 12.5 Å². The third-order valence-electron chi connectivity index (χ3n) is 5.34. The van der Waals surface area contributed by atoms with Crippen LogP contribution in [0, 0.1) is 6.92 Å². The lowest BCUT2D eigenvalue weighted by Crippen LogP contribution is -2.48. The molecule has 0 radical (unpaired) electrons. The fraction of sp³-hybridized carbons (Fsp3) is 0.350. The molecular weight excluding hydrogens is 430 g/mol. The third kappa shape index (κ3) is 3.70. The molecule has 2 heterocycles. The minimum absolute atomic E-state index is 0.0671. The summed E-state index contributed by atoms with van der Waals surface area (Å²) in [6.45, 7) is 6.49. The van der Waals surface area contributed by atoms with Gasteiger partial charge in [-0.2, -0.15) is 4.31 Å². The van der Waals surface area contributed by atoms with Crippen LogP contribution in [0.15, 0.2) is 46.1 Å². The highest BCUT2D eigenvalue weighted by Crippen LogP contribution is 2.28. The number of sulfonamides is 1. The van der Waals surface area contributed by atoms with Crippen molar-refractivity contribution in [1.82, 2.24) is 8.87 Å². The van der Waals surface area contributed by atoms with Crippen LogP contribution in [0.3, 0.4) is 0 Å². The van der Waals surface area contributed by atoms with E-state index in [9.17, 15) is 13.2 Å². The van der Waals surface area contributed by atoms with E-state index < -0.39 is 10.0 Å². The van der Waals surface area contributed by atoms with Crippen molar-refractivity contribution in [2.24, 2.45) is 0 Å². The van der Waals surface area contributed by atoms with E-state index in [1.807, 2.05) is 32.0 Å². The highest BCUT2D eigenvalue weighted by molar-refractivity contribution is 7.89. The van der Waals surface area contributed by atoms with Crippen molar-refractivity contribution < 1.29 is 8.42 Å². The van der Waals surface area contributed by atoms with Crippen molar-refractivity contribution in [2.75, 3.05) is 31.1 Å². The average Bonchev–Trinajstić information content (AvgIpc) is 3.04. The summed E-state index contributed by atoms with van der Waals surface area (Å²) in [5, 5.41) is 0.673. The number of fused-ring (bicyclic) bond motifs is 1. The van der Waals surface area contributed by atoms with E-state index in [1.165, 1.54) is 4.31 Å². The van der Waals surface area contributed by atoms with Crippen LogP contribution in [0.25, 0.3) is 10.2 Å². The second kappa shape index (κ2) is 7.75. The maximum absolute atomic E-state index is 13.2. The fourth-order valence-corrected chi connectivity index (χ4v) is 6.43. The lowest BCUT2D eigenvalue weighted by atomic mass is 10.1. The average molecular weight is 452 g/mol. The molecule has 1 aliphatic heterocycles. The first-order valence-corrected chi connectivity index (χ1v) is 12.1. The number of aryl methyl sites for hydroxylation is 2. The molecule has 1 saturated heterocycles. The standard InChI is InChI=1S/C20H22ClN3O3S2/c1-3-24-17-7-6-16(13-19(17)28-20(24)25)29(26,27)23-10-8-22(9-11-23)18-12-15(21)5-4-14(18)2/h4-7,12-13H,3,8-11H2,1-2H3. The Morgan fingerprint density at radius 3 is 2.48 bits per heavy atom. The maximum atomic E-state index is 13.2. The summed E-state index contributed by atoms with van der Waals surface area (Å²) in [6, 6.07) is 10.7. The van der Waals surface area contributed by atoms with E-state index in [-0.39, 0.29) is 9.77 Å². The maximum Gasteiger partial charge on any atom is 0.308 e. The van der Waals surface area contributed by atoms with Crippen molar-refractivity contribution in [3.63, 3.8) is 0 Å². The molecule has 0 spiro atoms. The van der Waals surface area contributed by atoms with E-state index in [4.69, 9.17) is 11.6 Å². The van der Waals surface area contributed by atoms with Gasteiger partial charge in [-0.05, 0) is 49.7 Å². The van der Waals surface area contributed by atoms with Crippen molar-refractivity contribution in [3.8, 4) is 0 Å². The first-order chi connectivity index (χ1) is 13.8. The molecule has 9 heteroatoms. The number of hydrogen-bond donors (Lipinski definition) is 0. The van der Waals surface area contributed by atoms with Gasteiger partial charge in [0.2, 0.25) is 10.0 Å². The van der Waals surface area contributed by atoms with E-state index in [2.05, 4.69) is 4.90 Å². The number of benzene rings is 2. The number of halogens is 1. The molecule has 2 aromatic carbocycles. The van der Waals surface area contributed by atoms with Crippen molar-refractivity contribution in [2.45, 2.75) is 25.3 Å². The number of hydrogen-bond acceptors (Lipinski definition) is 5. The molecule has 0 unspecified atom stereocenters. The van der Waals surface area contributed by atoms with Crippen LogP contribution >= 0.6 is 22.9 Å². The van der Waals surface area contributed by atoms with Gasteiger partial charge in [0, 0.05) is 43.4 Å². The van der Waals surface area contributed by atoms with Crippen LogP contribution in [0.5, 0.6) is 0 Å². The quantitative estimate of drug-likeness (QED) is 0.608. The number of anilines is 1. The van der Waals surface area contributed by atoms with E-state index in [1.54, 1.807) is 22.8 Å². The minimum atomic E-state index is -3.61. The third-order valence-corrected chi connectivity index (χ3v) is 8.42. The monoisotopic (exact) mass is 451 g/mol. The van der Waals surface area contributed by atoms with Crippen LogP contribution in [0.2, 0.25) is 5.02 Å². The molecule has 0 amide bonds. The largest absolute Gasteiger partial charge is 0.369 e. The molecule has 0 bridgehead atoms. The highest BCUT2D eigenvalue weighted by Gasteiger charge is 2.29. The van der Waals surface area contributed by atoms with Gasteiger partial charge in [0.1, 0.15) is 0 Å². The van der Waals surface area contributed by atoms with Gasteiger partial charge in [0.15, 0.2) is 0 Å². The summed E-state index contributed by atoms with van der Waals surface area (Å²) < 4.78 is 30.2. The van der Waals surface area contributed by atoms with Crippen LogP contribution in [0.4, 0.5) is 5.69 Å². The summed E-state index contributed by atoms with van der Waals surface area (Å²) in [6.07, 6.45) is 0. The van der Waals surface area contributed by atoms with E-state index in [0.29, 0.717) is 42.4 Å². The molecule has 1 aromatic heterocycles. The molecule has 0 aliphatic carbocycles. The SMILES string of the molecule is CCn1c(=O)sc2cc(S(=O)(=O)N3CCN(c4cc(Cl)ccc4C)CC3)ccc21. The normalized spacial score (nSPS) is 15.9. The number of nitrogens with zero attached hydrogens (tertiary/aromatic N) is 3. The lowest BCUT2D eigenvalue weighted by Gasteiger charge is -2.36. The minimum Gasteiger partial charge on any atom is -0.369 e. The fourth-order valence-electron chi connectivity index (χ4n) is 3.75.